The fourth-order valence-corrected chi connectivity index (χ4v) is 2.61. The van der Waals surface area contributed by atoms with Crippen LogP contribution in [0.1, 0.15) is 38.7 Å². The van der Waals surface area contributed by atoms with Gasteiger partial charge in [0.25, 0.3) is 5.91 Å². The van der Waals surface area contributed by atoms with Gasteiger partial charge in [0.1, 0.15) is 5.75 Å². The number of carbonyl (C=O) groups is 1. The van der Waals surface area contributed by atoms with Crippen molar-refractivity contribution in [1.29, 1.82) is 0 Å². The highest BCUT2D eigenvalue weighted by Crippen LogP contribution is 2.22. The van der Waals surface area contributed by atoms with Crippen molar-refractivity contribution in [1.82, 2.24) is 4.90 Å². The summed E-state index contributed by atoms with van der Waals surface area (Å²) in [5, 5.41) is 10.1. The van der Waals surface area contributed by atoms with Gasteiger partial charge in [-0.05, 0) is 52.2 Å². The molecule has 1 N–H and O–H groups in total. The molecule has 2 rings (SSSR count). The van der Waals surface area contributed by atoms with E-state index in [9.17, 15) is 9.90 Å². The van der Waals surface area contributed by atoms with E-state index in [4.69, 9.17) is 4.74 Å². The molecule has 1 aliphatic rings. The fraction of sp³-hybridized carbons (Fsp3) is 0.588. The first kappa shape index (κ1) is 15.8. The molecule has 4 nitrogen and oxygen atoms in total. The Kier molecular flexibility index (Phi) is 4.88. The van der Waals surface area contributed by atoms with E-state index in [1.807, 2.05) is 38.1 Å². The van der Waals surface area contributed by atoms with Gasteiger partial charge in [0, 0.05) is 13.1 Å². The third-order valence-electron chi connectivity index (χ3n) is 4.06. The lowest BCUT2D eigenvalue weighted by atomic mass is 9.98. The van der Waals surface area contributed by atoms with Crippen LogP contribution in [0.4, 0.5) is 0 Å². The van der Waals surface area contributed by atoms with E-state index >= 15 is 0 Å². The lowest BCUT2D eigenvalue weighted by Crippen LogP contribution is -2.41. The van der Waals surface area contributed by atoms with Gasteiger partial charge in [0.05, 0.1) is 5.60 Å². The molecular formula is C17H25NO3. The van der Waals surface area contributed by atoms with Gasteiger partial charge in [-0.15, -0.1) is 0 Å². The van der Waals surface area contributed by atoms with Crippen molar-refractivity contribution in [3.8, 4) is 5.75 Å². The predicted molar refractivity (Wildman–Crippen MR) is 82.3 cm³/mol. The summed E-state index contributed by atoms with van der Waals surface area (Å²) in [5.74, 6) is 0.705. The smallest absolute Gasteiger partial charge is 0.263 e. The Labute approximate surface area is 126 Å². The maximum Gasteiger partial charge on any atom is 0.263 e. The molecule has 1 saturated heterocycles. The second-order valence-electron chi connectivity index (χ2n) is 6.25. The van der Waals surface area contributed by atoms with Crippen LogP contribution in [0.5, 0.6) is 5.75 Å². The summed E-state index contributed by atoms with van der Waals surface area (Å²) in [5.41, 5.74) is 0.506. The van der Waals surface area contributed by atoms with E-state index in [0.29, 0.717) is 25.3 Å². The first-order valence-electron chi connectivity index (χ1n) is 7.62. The van der Waals surface area contributed by atoms with Crippen LogP contribution in [0.2, 0.25) is 0 Å². The van der Waals surface area contributed by atoms with Crippen LogP contribution in [0.25, 0.3) is 0 Å². The number of benzene rings is 1. The van der Waals surface area contributed by atoms with Crippen molar-refractivity contribution in [3.63, 3.8) is 0 Å². The van der Waals surface area contributed by atoms with Crippen molar-refractivity contribution in [2.24, 2.45) is 0 Å². The quantitative estimate of drug-likeness (QED) is 0.931. The number of aryl methyl sites for hydroxylation is 1. The van der Waals surface area contributed by atoms with Crippen molar-refractivity contribution >= 4 is 5.91 Å². The highest BCUT2D eigenvalue weighted by atomic mass is 16.5. The molecule has 4 heteroatoms. The van der Waals surface area contributed by atoms with Gasteiger partial charge >= 0.3 is 0 Å². The molecule has 0 aromatic heterocycles. The minimum atomic E-state index is -0.657. The highest BCUT2D eigenvalue weighted by Gasteiger charge is 2.29. The van der Waals surface area contributed by atoms with Gasteiger partial charge in [-0.1, -0.05) is 17.7 Å². The Morgan fingerprint density at radius 1 is 1.29 bits per heavy atom. The molecule has 1 heterocycles. The minimum absolute atomic E-state index is 0.00623. The monoisotopic (exact) mass is 291 g/mol. The van der Waals surface area contributed by atoms with Gasteiger partial charge in [0.2, 0.25) is 0 Å². The number of carbonyl (C=O) groups excluding carboxylic acids is 1. The number of likely N-dealkylation sites (tertiary alicyclic amines) is 1. The van der Waals surface area contributed by atoms with Crippen LogP contribution in [-0.2, 0) is 4.79 Å². The predicted octanol–water partition coefficient (Wildman–Crippen LogP) is 2.53. The minimum Gasteiger partial charge on any atom is -0.481 e. The van der Waals surface area contributed by atoms with Crippen molar-refractivity contribution in [2.75, 3.05) is 13.1 Å². The number of rotatable bonds is 3. The lowest BCUT2D eigenvalue weighted by Gasteiger charge is -2.25. The molecule has 1 aliphatic heterocycles. The van der Waals surface area contributed by atoms with Crippen molar-refractivity contribution in [2.45, 2.75) is 51.7 Å². The molecule has 0 spiro atoms. The lowest BCUT2D eigenvalue weighted by molar-refractivity contribution is -0.138. The fourth-order valence-electron chi connectivity index (χ4n) is 2.61. The molecule has 1 fully saturated rings. The molecule has 2 atom stereocenters. The summed E-state index contributed by atoms with van der Waals surface area (Å²) in [6.45, 7) is 6.92. The van der Waals surface area contributed by atoms with Crippen LogP contribution < -0.4 is 4.74 Å². The Balaban J connectivity index is 1.94. The summed E-state index contributed by atoms with van der Waals surface area (Å²) < 4.78 is 5.72. The molecule has 0 radical (unpaired) electrons. The third kappa shape index (κ3) is 4.46. The summed E-state index contributed by atoms with van der Waals surface area (Å²) in [6, 6.07) is 7.70. The normalized spacial score (nSPS) is 24.3. The molecule has 0 saturated carbocycles. The van der Waals surface area contributed by atoms with E-state index in [2.05, 4.69) is 0 Å². The summed E-state index contributed by atoms with van der Waals surface area (Å²) in [7, 11) is 0. The number of ether oxygens (including phenoxy) is 1. The average Bonchev–Trinajstić information content (AvgIpc) is 2.61. The molecular weight excluding hydrogens is 266 g/mol. The van der Waals surface area contributed by atoms with E-state index in [-0.39, 0.29) is 5.91 Å². The maximum atomic E-state index is 12.5. The molecule has 1 amide bonds. The molecule has 0 aliphatic carbocycles. The summed E-state index contributed by atoms with van der Waals surface area (Å²) in [6.07, 6.45) is 1.69. The zero-order chi connectivity index (χ0) is 15.5. The number of amides is 1. The Bertz CT molecular complexity index is 481. The van der Waals surface area contributed by atoms with Crippen LogP contribution >= 0.6 is 0 Å². The highest BCUT2D eigenvalue weighted by molar-refractivity contribution is 5.81. The second kappa shape index (κ2) is 6.48. The standard InChI is InChI=1S/C17H25NO3/c1-13-5-7-15(8-6-13)21-14(2)16(19)18-11-4-9-17(3,20)10-12-18/h5-8,14,20H,4,9-12H2,1-3H3. The van der Waals surface area contributed by atoms with Gasteiger partial charge in [-0.2, -0.15) is 0 Å². The summed E-state index contributed by atoms with van der Waals surface area (Å²) >= 11 is 0. The number of nitrogens with zero attached hydrogens (tertiary/aromatic N) is 1. The molecule has 0 bridgehead atoms. The Hall–Kier alpha value is -1.55. The van der Waals surface area contributed by atoms with Crippen LogP contribution in [0, 0.1) is 6.92 Å². The van der Waals surface area contributed by atoms with Crippen molar-refractivity contribution in [3.05, 3.63) is 29.8 Å². The third-order valence-corrected chi connectivity index (χ3v) is 4.06. The zero-order valence-electron chi connectivity index (χ0n) is 13.1. The molecule has 1 aromatic rings. The maximum absolute atomic E-state index is 12.5. The first-order chi connectivity index (χ1) is 9.87. The molecule has 21 heavy (non-hydrogen) atoms. The van der Waals surface area contributed by atoms with Crippen LogP contribution in [0.3, 0.4) is 0 Å². The number of hydrogen-bond donors (Lipinski definition) is 1. The largest absolute Gasteiger partial charge is 0.481 e. The first-order valence-corrected chi connectivity index (χ1v) is 7.62. The van der Waals surface area contributed by atoms with E-state index in [1.54, 1.807) is 11.8 Å². The van der Waals surface area contributed by atoms with Crippen LogP contribution in [0.15, 0.2) is 24.3 Å². The summed E-state index contributed by atoms with van der Waals surface area (Å²) in [4.78, 5) is 14.3. The molecule has 1 aromatic carbocycles. The van der Waals surface area contributed by atoms with E-state index in [1.165, 1.54) is 0 Å². The second-order valence-corrected chi connectivity index (χ2v) is 6.25. The average molecular weight is 291 g/mol. The topological polar surface area (TPSA) is 49.8 Å². The van der Waals surface area contributed by atoms with Gasteiger partial charge in [-0.25, -0.2) is 0 Å². The molecule has 2 unspecified atom stereocenters. The number of aliphatic hydroxyl groups is 1. The Morgan fingerprint density at radius 3 is 2.62 bits per heavy atom. The van der Waals surface area contributed by atoms with Crippen molar-refractivity contribution < 1.29 is 14.6 Å². The number of hydrogen-bond acceptors (Lipinski definition) is 3. The van der Waals surface area contributed by atoms with E-state index < -0.39 is 11.7 Å². The van der Waals surface area contributed by atoms with Gasteiger partial charge < -0.3 is 14.7 Å². The van der Waals surface area contributed by atoms with Gasteiger partial charge in [-0.3, -0.25) is 4.79 Å². The van der Waals surface area contributed by atoms with Gasteiger partial charge in [0.15, 0.2) is 6.10 Å². The van der Waals surface area contributed by atoms with Crippen LogP contribution in [-0.4, -0.2) is 40.7 Å². The zero-order valence-corrected chi connectivity index (χ0v) is 13.1. The van der Waals surface area contributed by atoms with E-state index in [0.717, 1.165) is 18.4 Å². The Morgan fingerprint density at radius 2 is 1.95 bits per heavy atom. The SMILES string of the molecule is Cc1ccc(OC(C)C(=O)N2CCCC(C)(O)CC2)cc1. The molecule has 116 valence electrons.